The van der Waals surface area contributed by atoms with Crippen molar-refractivity contribution in [3.8, 4) is 28.6 Å². The van der Waals surface area contributed by atoms with Crippen LogP contribution in [-0.4, -0.2) is 58.7 Å². The SMILES string of the molecule is CC(C)(C(=O)NCCOc1cc(N2CCCCC2)ncn1)n1nc(-c2ccc3c(c2)OCO3)ccc1=O. The number of ether oxygens (including phenoxy) is 3. The lowest BCUT2D eigenvalue weighted by atomic mass is 10.0. The smallest absolute Gasteiger partial charge is 0.267 e. The number of carbonyl (C=O) groups excluding carboxylic acids is 1. The molecule has 194 valence electrons. The number of piperidine rings is 1. The van der Waals surface area contributed by atoms with E-state index in [0.29, 0.717) is 23.1 Å². The van der Waals surface area contributed by atoms with Gasteiger partial charge in [-0.05, 0) is 57.4 Å². The molecule has 0 spiro atoms. The van der Waals surface area contributed by atoms with E-state index in [0.717, 1.165) is 37.3 Å². The van der Waals surface area contributed by atoms with Gasteiger partial charge in [-0.2, -0.15) is 5.10 Å². The van der Waals surface area contributed by atoms with E-state index in [1.165, 1.54) is 23.5 Å². The monoisotopic (exact) mass is 506 g/mol. The summed E-state index contributed by atoms with van der Waals surface area (Å²) >= 11 is 0. The summed E-state index contributed by atoms with van der Waals surface area (Å²) in [6, 6.07) is 10.3. The van der Waals surface area contributed by atoms with Crippen LogP contribution in [0.15, 0.2) is 47.5 Å². The molecule has 0 aliphatic carbocycles. The Morgan fingerprint density at radius 3 is 2.70 bits per heavy atom. The zero-order valence-electron chi connectivity index (χ0n) is 21.0. The molecule has 1 N–H and O–H groups in total. The Labute approximate surface area is 214 Å². The summed E-state index contributed by atoms with van der Waals surface area (Å²) in [6.07, 6.45) is 5.04. The molecule has 0 radical (unpaired) electrons. The van der Waals surface area contributed by atoms with Gasteiger partial charge in [0.05, 0.1) is 12.2 Å². The number of anilines is 1. The van der Waals surface area contributed by atoms with Crippen molar-refractivity contribution < 1.29 is 19.0 Å². The number of fused-ring (bicyclic) bond motifs is 1. The molecule has 37 heavy (non-hydrogen) atoms. The molecule has 1 amide bonds. The van der Waals surface area contributed by atoms with E-state index in [9.17, 15) is 9.59 Å². The van der Waals surface area contributed by atoms with Gasteiger partial charge in [0, 0.05) is 30.8 Å². The molecule has 0 saturated carbocycles. The van der Waals surface area contributed by atoms with Crippen molar-refractivity contribution in [2.45, 2.75) is 38.6 Å². The Kier molecular flexibility index (Phi) is 6.93. The first-order valence-corrected chi connectivity index (χ1v) is 12.4. The lowest BCUT2D eigenvalue weighted by Gasteiger charge is -2.27. The molecule has 2 aliphatic heterocycles. The second-order valence-corrected chi connectivity index (χ2v) is 9.46. The first kappa shape index (κ1) is 24.5. The van der Waals surface area contributed by atoms with Gasteiger partial charge in [0.25, 0.3) is 5.56 Å². The van der Waals surface area contributed by atoms with Crippen LogP contribution >= 0.6 is 0 Å². The van der Waals surface area contributed by atoms with Gasteiger partial charge in [0.2, 0.25) is 18.6 Å². The molecule has 11 heteroatoms. The van der Waals surface area contributed by atoms with Gasteiger partial charge < -0.3 is 24.4 Å². The zero-order valence-corrected chi connectivity index (χ0v) is 21.0. The number of hydrogen-bond acceptors (Lipinski definition) is 9. The number of nitrogens with one attached hydrogen (secondary N) is 1. The van der Waals surface area contributed by atoms with E-state index in [1.807, 2.05) is 12.1 Å². The molecular weight excluding hydrogens is 476 g/mol. The third-order valence-electron chi connectivity index (χ3n) is 6.50. The molecule has 11 nitrogen and oxygen atoms in total. The predicted octanol–water partition coefficient (Wildman–Crippen LogP) is 2.35. The average Bonchev–Trinajstić information content (AvgIpc) is 3.40. The first-order valence-electron chi connectivity index (χ1n) is 12.4. The third kappa shape index (κ3) is 5.35. The molecule has 2 aromatic heterocycles. The summed E-state index contributed by atoms with van der Waals surface area (Å²) in [7, 11) is 0. The highest BCUT2D eigenvalue weighted by atomic mass is 16.7. The molecule has 4 heterocycles. The lowest BCUT2D eigenvalue weighted by Crippen LogP contribution is -2.50. The maximum Gasteiger partial charge on any atom is 0.267 e. The standard InChI is InChI=1S/C26H30N6O5/c1-26(2,32-24(33)9-7-19(30-32)18-6-8-20-21(14-18)37-17-36-20)25(34)27-10-13-35-23-15-22(28-16-29-23)31-11-4-3-5-12-31/h6-9,14-16H,3-5,10-13,17H2,1-2H3,(H,27,34). The van der Waals surface area contributed by atoms with E-state index in [2.05, 4.69) is 25.3 Å². The Bertz CT molecular complexity index is 1340. The van der Waals surface area contributed by atoms with Crippen LogP contribution in [0.1, 0.15) is 33.1 Å². The highest BCUT2D eigenvalue weighted by Gasteiger charge is 2.32. The van der Waals surface area contributed by atoms with Crippen LogP contribution in [0.25, 0.3) is 11.3 Å². The van der Waals surface area contributed by atoms with Crippen LogP contribution in [0, 0.1) is 0 Å². The van der Waals surface area contributed by atoms with Crippen molar-refractivity contribution in [1.82, 2.24) is 25.1 Å². The van der Waals surface area contributed by atoms with E-state index in [-0.39, 0.29) is 31.4 Å². The van der Waals surface area contributed by atoms with E-state index >= 15 is 0 Å². The summed E-state index contributed by atoms with van der Waals surface area (Å²) in [5.74, 6) is 2.22. The van der Waals surface area contributed by atoms with Gasteiger partial charge in [-0.1, -0.05) is 0 Å². The number of carbonyl (C=O) groups is 1. The molecule has 3 aromatic rings. The molecule has 1 saturated heterocycles. The number of hydrogen-bond donors (Lipinski definition) is 1. The largest absolute Gasteiger partial charge is 0.476 e. The molecule has 0 unspecified atom stereocenters. The van der Waals surface area contributed by atoms with Gasteiger partial charge in [-0.3, -0.25) is 9.59 Å². The fourth-order valence-electron chi connectivity index (χ4n) is 4.36. The Hall–Kier alpha value is -4.15. The molecule has 0 bridgehead atoms. The van der Waals surface area contributed by atoms with Gasteiger partial charge in [-0.15, -0.1) is 0 Å². The molecule has 5 rings (SSSR count). The number of aromatic nitrogens is 4. The van der Waals surface area contributed by atoms with E-state index in [1.54, 1.807) is 32.0 Å². The van der Waals surface area contributed by atoms with Crippen molar-refractivity contribution in [1.29, 1.82) is 0 Å². The minimum Gasteiger partial charge on any atom is -0.476 e. The molecule has 1 fully saturated rings. The van der Waals surface area contributed by atoms with Crippen molar-refractivity contribution in [3.05, 3.63) is 53.1 Å². The second kappa shape index (κ2) is 10.5. The van der Waals surface area contributed by atoms with Crippen LogP contribution in [-0.2, 0) is 10.3 Å². The summed E-state index contributed by atoms with van der Waals surface area (Å²) in [6.45, 7) is 5.88. The number of nitrogens with zero attached hydrogens (tertiary/aromatic N) is 5. The van der Waals surface area contributed by atoms with Gasteiger partial charge >= 0.3 is 0 Å². The predicted molar refractivity (Wildman–Crippen MR) is 136 cm³/mol. The summed E-state index contributed by atoms with van der Waals surface area (Å²) < 4.78 is 17.7. The summed E-state index contributed by atoms with van der Waals surface area (Å²) in [5.41, 5.74) is -0.335. The van der Waals surface area contributed by atoms with Crippen LogP contribution < -0.4 is 30.0 Å². The number of amides is 1. The Balaban J connectivity index is 1.21. The second-order valence-electron chi connectivity index (χ2n) is 9.46. The van der Waals surface area contributed by atoms with Crippen LogP contribution in [0.4, 0.5) is 5.82 Å². The summed E-state index contributed by atoms with van der Waals surface area (Å²) in [4.78, 5) is 36.5. The van der Waals surface area contributed by atoms with Gasteiger partial charge in [0.15, 0.2) is 11.5 Å². The van der Waals surface area contributed by atoms with Crippen molar-refractivity contribution in [2.24, 2.45) is 0 Å². The fraction of sp³-hybridized carbons (Fsp3) is 0.423. The maximum atomic E-state index is 13.1. The van der Waals surface area contributed by atoms with Crippen LogP contribution in [0.3, 0.4) is 0 Å². The summed E-state index contributed by atoms with van der Waals surface area (Å²) in [5, 5.41) is 7.32. The normalized spacial score (nSPS) is 14.9. The number of benzene rings is 1. The highest BCUT2D eigenvalue weighted by Crippen LogP contribution is 2.35. The van der Waals surface area contributed by atoms with Gasteiger partial charge in [-0.25, -0.2) is 14.6 Å². The minimum atomic E-state index is -1.24. The highest BCUT2D eigenvalue weighted by molar-refractivity contribution is 5.83. The minimum absolute atomic E-state index is 0.166. The quantitative estimate of drug-likeness (QED) is 0.459. The fourth-order valence-corrected chi connectivity index (χ4v) is 4.36. The van der Waals surface area contributed by atoms with E-state index < -0.39 is 5.54 Å². The Morgan fingerprint density at radius 1 is 1.05 bits per heavy atom. The zero-order chi connectivity index (χ0) is 25.8. The molecular formula is C26H30N6O5. The van der Waals surface area contributed by atoms with Crippen molar-refractivity contribution in [2.75, 3.05) is 37.9 Å². The van der Waals surface area contributed by atoms with Crippen molar-refractivity contribution >= 4 is 11.7 Å². The average molecular weight is 507 g/mol. The van der Waals surface area contributed by atoms with Crippen LogP contribution in [0.5, 0.6) is 17.4 Å². The molecule has 1 aromatic carbocycles. The van der Waals surface area contributed by atoms with Crippen molar-refractivity contribution in [3.63, 3.8) is 0 Å². The Morgan fingerprint density at radius 2 is 1.86 bits per heavy atom. The topological polar surface area (TPSA) is 121 Å². The maximum absolute atomic E-state index is 13.1. The molecule has 0 atom stereocenters. The first-order chi connectivity index (χ1) is 17.9. The third-order valence-corrected chi connectivity index (χ3v) is 6.50. The van der Waals surface area contributed by atoms with Crippen LogP contribution in [0.2, 0.25) is 0 Å². The van der Waals surface area contributed by atoms with E-state index in [4.69, 9.17) is 14.2 Å². The van der Waals surface area contributed by atoms with Gasteiger partial charge in [0.1, 0.15) is 24.3 Å². The number of rotatable bonds is 8. The lowest BCUT2D eigenvalue weighted by molar-refractivity contribution is -0.129. The molecule has 2 aliphatic rings.